The number of rotatable bonds is 6. The van der Waals surface area contributed by atoms with E-state index in [1.165, 1.54) is 18.3 Å². The van der Waals surface area contributed by atoms with Gasteiger partial charge in [0.15, 0.2) is 6.61 Å². The van der Waals surface area contributed by atoms with E-state index in [-0.39, 0.29) is 12.4 Å². The Morgan fingerprint density at radius 1 is 1.04 bits per heavy atom. The van der Waals surface area contributed by atoms with Crippen LogP contribution in [0, 0.1) is 0 Å². The molecule has 0 atom stereocenters. The SMILES string of the molecule is O=C(COc1ccc(-c2ccccc2)cc1)NN=Cc1cc(Cl)ccc1O. The molecule has 6 heteroatoms. The number of halogens is 1. The molecular weight excluding hydrogens is 364 g/mol. The maximum atomic E-state index is 11.8. The molecule has 0 spiro atoms. The van der Waals surface area contributed by atoms with E-state index in [9.17, 15) is 9.90 Å². The second-order valence-corrected chi connectivity index (χ2v) is 6.11. The summed E-state index contributed by atoms with van der Waals surface area (Å²) in [4.78, 5) is 11.8. The number of benzene rings is 3. The lowest BCUT2D eigenvalue weighted by atomic mass is 10.1. The van der Waals surface area contributed by atoms with Crippen LogP contribution >= 0.6 is 11.6 Å². The van der Waals surface area contributed by atoms with Gasteiger partial charge in [0.1, 0.15) is 11.5 Å². The number of carbonyl (C=O) groups excluding carboxylic acids is 1. The molecule has 0 saturated heterocycles. The fourth-order valence-electron chi connectivity index (χ4n) is 2.36. The van der Waals surface area contributed by atoms with Crippen molar-refractivity contribution in [2.75, 3.05) is 6.61 Å². The van der Waals surface area contributed by atoms with Crippen molar-refractivity contribution in [1.29, 1.82) is 0 Å². The number of hydrogen-bond acceptors (Lipinski definition) is 4. The lowest BCUT2D eigenvalue weighted by Crippen LogP contribution is -2.24. The number of aromatic hydroxyl groups is 1. The summed E-state index contributed by atoms with van der Waals surface area (Å²) < 4.78 is 5.45. The molecule has 2 N–H and O–H groups in total. The summed E-state index contributed by atoms with van der Waals surface area (Å²) in [7, 11) is 0. The zero-order valence-corrected chi connectivity index (χ0v) is 15.1. The highest BCUT2D eigenvalue weighted by atomic mass is 35.5. The molecule has 0 aliphatic heterocycles. The highest BCUT2D eigenvalue weighted by Gasteiger charge is 2.03. The predicted octanol–water partition coefficient (Wildman–Crippen LogP) is 4.24. The van der Waals surface area contributed by atoms with Gasteiger partial charge in [-0.3, -0.25) is 4.79 Å². The molecule has 0 bridgehead atoms. The highest BCUT2D eigenvalue weighted by molar-refractivity contribution is 6.30. The van der Waals surface area contributed by atoms with E-state index >= 15 is 0 Å². The van der Waals surface area contributed by atoms with Crippen molar-refractivity contribution in [3.63, 3.8) is 0 Å². The van der Waals surface area contributed by atoms with E-state index in [1.54, 1.807) is 6.07 Å². The Morgan fingerprint density at radius 3 is 2.48 bits per heavy atom. The normalized spacial score (nSPS) is 10.7. The van der Waals surface area contributed by atoms with Gasteiger partial charge in [-0.2, -0.15) is 5.10 Å². The van der Waals surface area contributed by atoms with Crippen LogP contribution in [0.5, 0.6) is 11.5 Å². The first-order chi connectivity index (χ1) is 13.1. The molecule has 0 fully saturated rings. The van der Waals surface area contributed by atoms with Gasteiger partial charge in [0.2, 0.25) is 0 Å². The Kier molecular flexibility index (Phi) is 6.07. The van der Waals surface area contributed by atoms with Crippen molar-refractivity contribution in [1.82, 2.24) is 5.43 Å². The molecule has 0 unspecified atom stereocenters. The quantitative estimate of drug-likeness (QED) is 0.496. The summed E-state index contributed by atoms with van der Waals surface area (Å²) in [5.74, 6) is 0.188. The molecule has 0 radical (unpaired) electrons. The van der Waals surface area contributed by atoms with Crippen LogP contribution < -0.4 is 10.2 Å². The minimum atomic E-state index is -0.417. The summed E-state index contributed by atoms with van der Waals surface area (Å²) in [5.41, 5.74) is 4.92. The summed E-state index contributed by atoms with van der Waals surface area (Å²) in [6.45, 7) is -0.177. The summed E-state index contributed by atoms with van der Waals surface area (Å²) in [6, 6.07) is 22.0. The number of amides is 1. The van der Waals surface area contributed by atoms with Crippen molar-refractivity contribution in [2.45, 2.75) is 0 Å². The van der Waals surface area contributed by atoms with Crippen LogP contribution in [0.4, 0.5) is 0 Å². The van der Waals surface area contributed by atoms with Crippen LogP contribution in [0.15, 0.2) is 77.9 Å². The number of phenolic OH excluding ortho intramolecular Hbond substituents is 1. The minimum Gasteiger partial charge on any atom is -0.507 e. The van der Waals surface area contributed by atoms with Crippen LogP contribution in [0.1, 0.15) is 5.56 Å². The van der Waals surface area contributed by atoms with Gasteiger partial charge in [0, 0.05) is 10.6 Å². The number of hydrogen-bond donors (Lipinski definition) is 2. The van der Waals surface area contributed by atoms with Crippen molar-refractivity contribution in [3.05, 3.63) is 83.4 Å². The van der Waals surface area contributed by atoms with Crippen molar-refractivity contribution >= 4 is 23.7 Å². The van der Waals surface area contributed by atoms with Gasteiger partial charge >= 0.3 is 0 Å². The average molecular weight is 381 g/mol. The van der Waals surface area contributed by atoms with E-state index in [1.807, 2.05) is 54.6 Å². The fourth-order valence-corrected chi connectivity index (χ4v) is 2.54. The van der Waals surface area contributed by atoms with Gasteiger partial charge in [-0.1, -0.05) is 54.1 Å². The lowest BCUT2D eigenvalue weighted by Gasteiger charge is -2.07. The van der Waals surface area contributed by atoms with E-state index in [4.69, 9.17) is 16.3 Å². The van der Waals surface area contributed by atoms with Gasteiger partial charge in [0.25, 0.3) is 5.91 Å². The standard InChI is InChI=1S/C21H17ClN2O3/c22-18-8-11-20(25)17(12-18)13-23-24-21(26)14-27-19-9-6-16(7-10-19)15-4-2-1-3-5-15/h1-13,25H,14H2,(H,24,26). The highest BCUT2D eigenvalue weighted by Crippen LogP contribution is 2.22. The molecule has 0 aromatic heterocycles. The Balaban J connectivity index is 1.50. The van der Waals surface area contributed by atoms with Crippen LogP contribution in [0.2, 0.25) is 5.02 Å². The summed E-state index contributed by atoms with van der Waals surface area (Å²) in [6.07, 6.45) is 1.31. The Morgan fingerprint density at radius 2 is 1.74 bits per heavy atom. The van der Waals surface area contributed by atoms with Crippen LogP contribution in [0.3, 0.4) is 0 Å². The van der Waals surface area contributed by atoms with Crippen molar-refractivity contribution in [3.8, 4) is 22.6 Å². The largest absolute Gasteiger partial charge is 0.507 e. The Hall–Kier alpha value is -3.31. The molecule has 0 heterocycles. The first-order valence-electron chi connectivity index (χ1n) is 8.20. The van der Waals surface area contributed by atoms with E-state index in [2.05, 4.69) is 10.5 Å². The third-order valence-corrected chi connectivity index (χ3v) is 3.95. The van der Waals surface area contributed by atoms with E-state index in [0.717, 1.165) is 11.1 Å². The molecule has 3 aromatic carbocycles. The topological polar surface area (TPSA) is 70.9 Å². The molecule has 5 nitrogen and oxygen atoms in total. The molecule has 0 aliphatic rings. The maximum absolute atomic E-state index is 11.8. The molecule has 0 aliphatic carbocycles. The van der Waals surface area contributed by atoms with E-state index in [0.29, 0.717) is 16.3 Å². The van der Waals surface area contributed by atoms with Gasteiger partial charge in [-0.15, -0.1) is 0 Å². The third-order valence-electron chi connectivity index (χ3n) is 3.71. The number of ether oxygens (including phenoxy) is 1. The number of nitrogens with one attached hydrogen (secondary N) is 1. The van der Waals surface area contributed by atoms with Crippen LogP contribution in [-0.2, 0) is 4.79 Å². The van der Waals surface area contributed by atoms with Crippen LogP contribution in [0.25, 0.3) is 11.1 Å². The van der Waals surface area contributed by atoms with Gasteiger partial charge in [-0.05, 0) is 41.5 Å². The second kappa shape index (κ2) is 8.87. The predicted molar refractivity (Wildman–Crippen MR) is 106 cm³/mol. The summed E-state index contributed by atoms with van der Waals surface area (Å²) in [5, 5.41) is 13.9. The van der Waals surface area contributed by atoms with Gasteiger partial charge < -0.3 is 9.84 Å². The molecule has 3 aromatic rings. The number of phenols is 1. The summed E-state index contributed by atoms with van der Waals surface area (Å²) >= 11 is 5.85. The van der Waals surface area contributed by atoms with E-state index < -0.39 is 5.91 Å². The molecular formula is C21H17ClN2O3. The average Bonchev–Trinajstić information content (AvgIpc) is 2.70. The second-order valence-electron chi connectivity index (χ2n) is 5.68. The van der Waals surface area contributed by atoms with Crippen molar-refractivity contribution in [2.24, 2.45) is 5.10 Å². The third kappa shape index (κ3) is 5.33. The maximum Gasteiger partial charge on any atom is 0.277 e. The molecule has 1 amide bonds. The van der Waals surface area contributed by atoms with Gasteiger partial charge in [0.05, 0.1) is 6.21 Å². The minimum absolute atomic E-state index is 0.0205. The molecule has 3 rings (SSSR count). The number of hydrazone groups is 1. The Bertz CT molecular complexity index is 941. The van der Waals surface area contributed by atoms with Gasteiger partial charge in [-0.25, -0.2) is 5.43 Å². The zero-order chi connectivity index (χ0) is 19.1. The van der Waals surface area contributed by atoms with Crippen LogP contribution in [-0.4, -0.2) is 23.8 Å². The molecule has 136 valence electrons. The van der Waals surface area contributed by atoms with Crippen molar-refractivity contribution < 1.29 is 14.6 Å². The smallest absolute Gasteiger partial charge is 0.277 e. The first kappa shape index (κ1) is 18.5. The fraction of sp³-hybridized carbons (Fsp3) is 0.0476. The lowest BCUT2D eigenvalue weighted by molar-refractivity contribution is -0.123. The monoisotopic (exact) mass is 380 g/mol. The molecule has 0 saturated carbocycles. The number of carbonyl (C=O) groups is 1. The zero-order valence-electron chi connectivity index (χ0n) is 14.3. The first-order valence-corrected chi connectivity index (χ1v) is 8.58. The Labute approximate surface area is 161 Å². The number of nitrogens with zero attached hydrogens (tertiary/aromatic N) is 1. The molecule has 27 heavy (non-hydrogen) atoms.